The summed E-state index contributed by atoms with van der Waals surface area (Å²) < 4.78 is 5.27. The normalized spacial score (nSPS) is 16.9. The van der Waals surface area contributed by atoms with Crippen molar-refractivity contribution in [2.24, 2.45) is 0 Å². The summed E-state index contributed by atoms with van der Waals surface area (Å²) in [5.74, 6) is -0.0596. The molecule has 1 aromatic rings. The van der Waals surface area contributed by atoms with Gasteiger partial charge in [0.15, 0.2) is 0 Å². The number of methoxy groups -OCH3 is 1. The van der Waals surface area contributed by atoms with Gasteiger partial charge in [0.05, 0.1) is 16.7 Å². The van der Waals surface area contributed by atoms with Crippen LogP contribution in [0.1, 0.15) is 23.2 Å². The number of amides is 1. The first-order chi connectivity index (χ1) is 8.61. The summed E-state index contributed by atoms with van der Waals surface area (Å²) in [7, 11) is 1.70. The van der Waals surface area contributed by atoms with E-state index >= 15 is 0 Å². The number of nitrogens with zero attached hydrogens (tertiary/aromatic N) is 2. The minimum atomic E-state index is -0.0596. The highest BCUT2D eigenvalue weighted by atomic mass is 35.5. The van der Waals surface area contributed by atoms with Crippen LogP contribution in [-0.4, -0.2) is 42.1 Å². The maximum Gasteiger partial charge on any atom is 0.255 e. The lowest BCUT2D eigenvalue weighted by Gasteiger charge is -2.31. The van der Waals surface area contributed by atoms with Crippen LogP contribution in [0.15, 0.2) is 12.3 Å². The van der Waals surface area contributed by atoms with Crippen LogP contribution in [-0.2, 0) is 4.74 Å². The van der Waals surface area contributed by atoms with Gasteiger partial charge in [-0.25, -0.2) is 4.98 Å². The summed E-state index contributed by atoms with van der Waals surface area (Å²) >= 11 is 11.6. The molecule has 0 N–H and O–H groups in total. The topological polar surface area (TPSA) is 42.4 Å². The Kier molecular flexibility index (Phi) is 4.43. The SMILES string of the molecule is COC1CCN(C(=O)c2cnc(Cl)c(Cl)c2)CC1. The third-order valence-electron chi connectivity index (χ3n) is 3.11. The fourth-order valence-corrected chi connectivity index (χ4v) is 2.29. The average molecular weight is 289 g/mol. The van der Waals surface area contributed by atoms with E-state index in [2.05, 4.69) is 4.98 Å². The molecule has 1 aliphatic heterocycles. The van der Waals surface area contributed by atoms with Crippen molar-refractivity contribution in [3.05, 3.63) is 28.0 Å². The van der Waals surface area contributed by atoms with Crippen LogP contribution in [0.5, 0.6) is 0 Å². The fraction of sp³-hybridized carbons (Fsp3) is 0.500. The predicted molar refractivity (Wildman–Crippen MR) is 70.2 cm³/mol. The second-order valence-corrected chi connectivity index (χ2v) is 4.99. The molecule has 0 spiro atoms. The van der Waals surface area contributed by atoms with Gasteiger partial charge in [-0.15, -0.1) is 0 Å². The number of pyridine rings is 1. The van der Waals surface area contributed by atoms with Gasteiger partial charge in [-0.3, -0.25) is 4.79 Å². The Balaban J connectivity index is 2.05. The van der Waals surface area contributed by atoms with Crippen LogP contribution >= 0.6 is 23.2 Å². The number of rotatable bonds is 2. The van der Waals surface area contributed by atoms with Crippen LogP contribution in [0.25, 0.3) is 0 Å². The number of ether oxygens (including phenoxy) is 1. The van der Waals surface area contributed by atoms with E-state index in [9.17, 15) is 4.79 Å². The number of hydrogen-bond acceptors (Lipinski definition) is 3. The molecule has 18 heavy (non-hydrogen) atoms. The molecule has 0 atom stereocenters. The second kappa shape index (κ2) is 5.87. The van der Waals surface area contributed by atoms with Gasteiger partial charge in [0.2, 0.25) is 0 Å². The first kappa shape index (κ1) is 13.6. The summed E-state index contributed by atoms with van der Waals surface area (Å²) in [5.41, 5.74) is 0.472. The largest absolute Gasteiger partial charge is 0.381 e. The molecule has 0 unspecified atom stereocenters. The van der Waals surface area contributed by atoms with Crippen molar-refractivity contribution in [1.29, 1.82) is 0 Å². The maximum atomic E-state index is 12.2. The van der Waals surface area contributed by atoms with E-state index in [0.29, 0.717) is 23.7 Å². The van der Waals surface area contributed by atoms with Gasteiger partial charge in [-0.2, -0.15) is 0 Å². The maximum absolute atomic E-state index is 12.2. The zero-order valence-electron chi connectivity index (χ0n) is 10.0. The minimum Gasteiger partial charge on any atom is -0.381 e. The molecule has 1 amide bonds. The minimum absolute atomic E-state index is 0.0596. The highest BCUT2D eigenvalue weighted by molar-refractivity contribution is 6.41. The summed E-state index contributed by atoms with van der Waals surface area (Å²) in [5, 5.41) is 0.514. The van der Waals surface area contributed by atoms with Crippen molar-refractivity contribution in [2.45, 2.75) is 18.9 Å². The summed E-state index contributed by atoms with van der Waals surface area (Å²) in [6.45, 7) is 1.38. The zero-order valence-corrected chi connectivity index (χ0v) is 11.5. The summed E-state index contributed by atoms with van der Waals surface area (Å²) in [4.78, 5) is 17.9. The van der Waals surface area contributed by atoms with Crippen LogP contribution in [0.2, 0.25) is 10.2 Å². The highest BCUT2D eigenvalue weighted by Crippen LogP contribution is 2.22. The molecule has 1 aromatic heterocycles. The Labute approximate surface area is 116 Å². The van der Waals surface area contributed by atoms with Gasteiger partial charge in [0, 0.05) is 26.4 Å². The van der Waals surface area contributed by atoms with Crippen LogP contribution in [0, 0.1) is 0 Å². The van der Waals surface area contributed by atoms with E-state index in [1.807, 2.05) is 0 Å². The molecule has 0 saturated carbocycles. The van der Waals surface area contributed by atoms with E-state index < -0.39 is 0 Å². The van der Waals surface area contributed by atoms with Crippen molar-refractivity contribution in [1.82, 2.24) is 9.88 Å². The number of carbonyl (C=O) groups excluding carboxylic acids is 1. The third-order valence-corrected chi connectivity index (χ3v) is 3.79. The van der Waals surface area contributed by atoms with Gasteiger partial charge in [0.25, 0.3) is 5.91 Å². The van der Waals surface area contributed by atoms with Crippen LogP contribution in [0.4, 0.5) is 0 Å². The smallest absolute Gasteiger partial charge is 0.255 e. The van der Waals surface area contributed by atoms with Crippen LogP contribution < -0.4 is 0 Å². The van der Waals surface area contributed by atoms with Gasteiger partial charge in [0.1, 0.15) is 5.15 Å². The molecular formula is C12H14Cl2N2O2. The number of likely N-dealkylation sites (tertiary alicyclic amines) is 1. The lowest BCUT2D eigenvalue weighted by atomic mass is 10.1. The number of piperidine rings is 1. The van der Waals surface area contributed by atoms with Gasteiger partial charge >= 0.3 is 0 Å². The molecule has 98 valence electrons. The summed E-state index contributed by atoms with van der Waals surface area (Å²) in [6, 6.07) is 1.56. The first-order valence-electron chi connectivity index (χ1n) is 5.75. The Morgan fingerprint density at radius 3 is 2.67 bits per heavy atom. The molecule has 2 rings (SSSR count). The molecule has 1 aliphatic rings. The molecule has 0 aliphatic carbocycles. The van der Waals surface area contributed by atoms with E-state index in [1.54, 1.807) is 18.1 Å². The second-order valence-electron chi connectivity index (χ2n) is 4.22. The number of hydrogen-bond donors (Lipinski definition) is 0. The Bertz CT molecular complexity index is 446. The molecule has 0 bridgehead atoms. The number of aromatic nitrogens is 1. The van der Waals surface area contributed by atoms with Crippen molar-refractivity contribution in [3.8, 4) is 0 Å². The monoisotopic (exact) mass is 288 g/mol. The number of halogens is 2. The van der Waals surface area contributed by atoms with E-state index in [0.717, 1.165) is 12.8 Å². The fourth-order valence-electron chi connectivity index (χ4n) is 2.02. The van der Waals surface area contributed by atoms with E-state index in [1.165, 1.54) is 6.20 Å². The average Bonchev–Trinajstić information content (AvgIpc) is 2.41. The molecule has 0 radical (unpaired) electrons. The summed E-state index contributed by atoms with van der Waals surface area (Å²) in [6.07, 6.45) is 3.42. The molecular weight excluding hydrogens is 275 g/mol. The van der Waals surface area contributed by atoms with Crippen molar-refractivity contribution in [3.63, 3.8) is 0 Å². The lowest BCUT2D eigenvalue weighted by Crippen LogP contribution is -2.40. The van der Waals surface area contributed by atoms with E-state index in [-0.39, 0.29) is 17.2 Å². The first-order valence-corrected chi connectivity index (χ1v) is 6.50. The lowest BCUT2D eigenvalue weighted by molar-refractivity contribution is 0.0350. The van der Waals surface area contributed by atoms with Gasteiger partial charge in [-0.05, 0) is 18.9 Å². The zero-order chi connectivity index (χ0) is 13.1. The Morgan fingerprint density at radius 2 is 2.11 bits per heavy atom. The highest BCUT2D eigenvalue weighted by Gasteiger charge is 2.23. The molecule has 1 fully saturated rings. The van der Waals surface area contributed by atoms with E-state index in [4.69, 9.17) is 27.9 Å². The standard InChI is InChI=1S/C12H14Cl2N2O2/c1-18-9-2-4-16(5-3-9)12(17)8-6-10(13)11(14)15-7-8/h6-7,9H,2-5H2,1H3. The van der Waals surface area contributed by atoms with Crippen LogP contribution in [0.3, 0.4) is 0 Å². The quantitative estimate of drug-likeness (QED) is 0.786. The molecule has 4 nitrogen and oxygen atoms in total. The molecule has 1 saturated heterocycles. The Morgan fingerprint density at radius 1 is 1.44 bits per heavy atom. The molecule has 6 heteroatoms. The predicted octanol–water partition coefficient (Wildman–Crippen LogP) is 2.64. The number of carbonyl (C=O) groups is 1. The molecule has 0 aromatic carbocycles. The Hall–Kier alpha value is -0.840. The molecule has 2 heterocycles. The van der Waals surface area contributed by atoms with Crippen molar-refractivity contribution in [2.75, 3.05) is 20.2 Å². The van der Waals surface area contributed by atoms with Crippen molar-refractivity contribution >= 4 is 29.1 Å². The van der Waals surface area contributed by atoms with Crippen molar-refractivity contribution < 1.29 is 9.53 Å². The third kappa shape index (κ3) is 2.94. The van der Waals surface area contributed by atoms with Gasteiger partial charge < -0.3 is 9.64 Å². The van der Waals surface area contributed by atoms with Gasteiger partial charge in [-0.1, -0.05) is 23.2 Å².